The molecule has 0 fully saturated rings. The summed E-state index contributed by atoms with van der Waals surface area (Å²) in [5.74, 6) is -0.812. The third kappa shape index (κ3) is 3.95. The molecule has 0 atom stereocenters. The van der Waals surface area contributed by atoms with Crippen molar-refractivity contribution < 1.29 is 14.3 Å². The van der Waals surface area contributed by atoms with E-state index in [2.05, 4.69) is 10.2 Å². The van der Waals surface area contributed by atoms with Gasteiger partial charge in [-0.25, -0.2) is 5.10 Å². The van der Waals surface area contributed by atoms with E-state index in [9.17, 15) is 14.4 Å². The van der Waals surface area contributed by atoms with E-state index in [0.29, 0.717) is 22.0 Å². The largest absolute Gasteiger partial charge is 0.457 e. The molecule has 3 aromatic rings. The van der Waals surface area contributed by atoms with E-state index in [4.69, 9.17) is 4.74 Å². The van der Waals surface area contributed by atoms with Gasteiger partial charge in [0.25, 0.3) is 5.56 Å². The number of Topliss-reactive ketones (excluding diaryl/α,β-unsaturated/α-hetero) is 1. The second-order valence-electron chi connectivity index (χ2n) is 6.58. The van der Waals surface area contributed by atoms with Gasteiger partial charge in [0.2, 0.25) is 5.78 Å². The maximum atomic E-state index is 12.5. The lowest BCUT2D eigenvalue weighted by molar-refractivity contribution is -0.141. The molecular weight excluding hydrogens is 344 g/mol. The molecule has 0 amide bonds. The highest BCUT2D eigenvalue weighted by Crippen LogP contribution is 2.17. The number of ether oxygens (including phenoxy) is 1. The number of ketones is 1. The number of nitrogens with zero attached hydrogens (tertiary/aromatic N) is 1. The lowest BCUT2D eigenvalue weighted by Gasteiger charge is -2.11. The van der Waals surface area contributed by atoms with Gasteiger partial charge in [-0.05, 0) is 38.0 Å². The van der Waals surface area contributed by atoms with Crippen LogP contribution in [0.4, 0.5) is 0 Å². The predicted octanol–water partition coefficient (Wildman–Crippen LogP) is 2.82. The fourth-order valence-electron chi connectivity index (χ4n) is 3.33. The molecule has 6 heteroatoms. The van der Waals surface area contributed by atoms with Gasteiger partial charge in [-0.1, -0.05) is 35.9 Å². The Kier molecular flexibility index (Phi) is 5.16. The summed E-state index contributed by atoms with van der Waals surface area (Å²) in [4.78, 5) is 36.5. The Morgan fingerprint density at radius 1 is 1.04 bits per heavy atom. The van der Waals surface area contributed by atoms with Crippen molar-refractivity contribution in [1.29, 1.82) is 0 Å². The summed E-state index contributed by atoms with van der Waals surface area (Å²) in [5, 5.41) is 7.37. The Hall–Kier alpha value is -3.28. The zero-order chi connectivity index (χ0) is 19.6. The molecule has 1 heterocycles. The van der Waals surface area contributed by atoms with E-state index in [1.165, 1.54) is 0 Å². The maximum Gasteiger partial charge on any atom is 0.312 e. The summed E-state index contributed by atoms with van der Waals surface area (Å²) in [6.45, 7) is 5.37. The monoisotopic (exact) mass is 364 g/mol. The van der Waals surface area contributed by atoms with E-state index < -0.39 is 5.97 Å². The second-order valence-corrected chi connectivity index (χ2v) is 6.58. The van der Waals surface area contributed by atoms with Crippen molar-refractivity contribution in [3.05, 3.63) is 74.7 Å². The molecular formula is C21H20N2O4. The number of carbonyl (C=O) groups excluding carboxylic acids is 2. The second kappa shape index (κ2) is 7.53. The summed E-state index contributed by atoms with van der Waals surface area (Å²) in [5.41, 5.74) is 3.48. The first-order chi connectivity index (χ1) is 12.9. The number of fused-ring (bicyclic) bond motifs is 1. The zero-order valence-corrected chi connectivity index (χ0v) is 15.5. The van der Waals surface area contributed by atoms with Crippen molar-refractivity contribution in [1.82, 2.24) is 10.2 Å². The number of esters is 1. The minimum Gasteiger partial charge on any atom is -0.457 e. The minimum atomic E-state index is -0.574. The van der Waals surface area contributed by atoms with Gasteiger partial charge in [-0.2, -0.15) is 5.10 Å². The topological polar surface area (TPSA) is 89.1 Å². The van der Waals surface area contributed by atoms with Crippen LogP contribution in [-0.2, 0) is 16.0 Å². The molecule has 6 nitrogen and oxygen atoms in total. The molecule has 3 rings (SSSR count). The molecule has 0 saturated heterocycles. The molecule has 138 valence electrons. The normalized spacial score (nSPS) is 10.8. The summed E-state index contributed by atoms with van der Waals surface area (Å²) in [7, 11) is 0. The van der Waals surface area contributed by atoms with Gasteiger partial charge in [0.05, 0.1) is 17.5 Å². The number of nitrogens with one attached hydrogen (secondary N) is 1. The molecule has 1 N–H and O–H groups in total. The lowest BCUT2D eigenvalue weighted by atomic mass is 9.97. The first-order valence-electron chi connectivity index (χ1n) is 8.60. The van der Waals surface area contributed by atoms with E-state index in [1.54, 1.807) is 24.3 Å². The van der Waals surface area contributed by atoms with Crippen LogP contribution >= 0.6 is 0 Å². The highest BCUT2D eigenvalue weighted by molar-refractivity contribution is 6.00. The molecule has 0 aliphatic rings. The fraction of sp³-hybridized carbons (Fsp3) is 0.238. The third-order valence-electron chi connectivity index (χ3n) is 4.41. The molecule has 0 bridgehead atoms. The minimum absolute atomic E-state index is 0.129. The highest BCUT2D eigenvalue weighted by Gasteiger charge is 2.17. The average molecular weight is 364 g/mol. The Morgan fingerprint density at radius 2 is 1.67 bits per heavy atom. The van der Waals surface area contributed by atoms with E-state index in [1.807, 2.05) is 32.9 Å². The molecule has 0 unspecified atom stereocenters. The molecule has 0 aliphatic carbocycles. The molecule has 0 radical (unpaired) electrons. The maximum absolute atomic E-state index is 12.5. The third-order valence-corrected chi connectivity index (χ3v) is 4.41. The van der Waals surface area contributed by atoms with Crippen molar-refractivity contribution in [2.45, 2.75) is 27.2 Å². The van der Waals surface area contributed by atoms with E-state index in [-0.39, 0.29) is 24.4 Å². The molecule has 0 aliphatic heterocycles. The number of aromatic nitrogens is 2. The zero-order valence-electron chi connectivity index (χ0n) is 15.5. The SMILES string of the molecule is Cc1cc(C)c(C(=O)COC(=O)Cc2n[nH]c(=O)c3ccccc23)c(C)c1. The van der Waals surface area contributed by atoms with Crippen LogP contribution in [0.2, 0.25) is 0 Å². The number of hydrogen-bond acceptors (Lipinski definition) is 5. The first kappa shape index (κ1) is 18.5. The van der Waals surface area contributed by atoms with Gasteiger partial charge in [0, 0.05) is 10.9 Å². The van der Waals surface area contributed by atoms with Gasteiger partial charge < -0.3 is 4.74 Å². The Morgan fingerprint density at radius 3 is 2.33 bits per heavy atom. The van der Waals surface area contributed by atoms with Crippen molar-refractivity contribution in [2.75, 3.05) is 6.61 Å². The molecule has 0 saturated carbocycles. The highest BCUT2D eigenvalue weighted by atomic mass is 16.5. The number of benzene rings is 2. The van der Waals surface area contributed by atoms with Crippen LogP contribution in [0.3, 0.4) is 0 Å². The molecule has 27 heavy (non-hydrogen) atoms. The first-order valence-corrected chi connectivity index (χ1v) is 8.60. The van der Waals surface area contributed by atoms with Crippen molar-refractivity contribution in [2.24, 2.45) is 0 Å². The number of H-pyrrole nitrogens is 1. The van der Waals surface area contributed by atoms with Gasteiger partial charge >= 0.3 is 5.97 Å². The van der Waals surface area contributed by atoms with Crippen LogP contribution in [0.5, 0.6) is 0 Å². The standard InChI is InChI=1S/C21H20N2O4/c1-12-8-13(2)20(14(3)9-12)18(24)11-27-19(25)10-17-15-6-4-5-7-16(15)21(26)23-22-17/h4-9H,10-11H2,1-3H3,(H,23,26). The smallest absolute Gasteiger partial charge is 0.312 e. The van der Waals surface area contributed by atoms with E-state index in [0.717, 1.165) is 16.7 Å². The predicted molar refractivity (Wildman–Crippen MR) is 102 cm³/mol. The average Bonchev–Trinajstić information content (AvgIpc) is 2.62. The van der Waals surface area contributed by atoms with Crippen LogP contribution in [0.15, 0.2) is 41.2 Å². The van der Waals surface area contributed by atoms with E-state index >= 15 is 0 Å². The van der Waals surface area contributed by atoms with Gasteiger partial charge in [-0.3, -0.25) is 14.4 Å². The van der Waals surface area contributed by atoms with Crippen LogP contribution in [0, 0.1) is 20.8 Å². The summed E-state index contributed by atoms with van der Waals surface area (Å²) < 4.78 is 5.16. The molecule has 0 spiro atoms. The summed E-state index contributed by atoms with van der Waals surface area (Å²) >= 11 is 0. The van der Waals surface area contributed by atoms with Crippen LogP contribution in [0.25, 0.3) is 10.8 Å². The summed E-state index contributed by atoms with van der Waals surface area (Å²) in [6, 6.07) is 10.8. The lowest BCUT2D eigenvalue weighted by Crippen LogP contribution is -2.19. The quantitative estimate of drug-likeness (QED) is 0.555. The van der Waals surface area contributed by atoms with Crippen molar-refractivity contribution in [3.63, 3.8) is 0 Å². The summed E-state index contributed by atoms with van der Waals surface area (Å²) in [6.07, 6.45) is -0.129. The van der Waals surface area contributed by atoms with Gasteiger partial charge in [0.15, 0.2) is 6.61 Å². The number of aryl methyl sites for hydroxylation is 3. The Labute approximate surface area is 156 Å². The Bertz CT molecular complexity index is 1080. The fourth-order valence-corrected chi connectivity index (χ4v) is 3.33. The number of carbonyl (C=O) groups is 2. The molecule has 2 aromatic carbocycles. The Balaban J connectivity index is 1.72. The number of aromatic amines is 1. The van der Waals surface area contributed by atoms with Crippen molar-refractivity contribution in [3.8, 4) is 0 Å². The van der Waals surface area contributed by atoms with Crippen LogP contribution in [-0.4, -0.2) is 28.6 Å². The number of rotatable bonds is 5. The van der Waals surface area contributed by atoms with Crippen LogP contribution < -0.4 is 5.56 Å². The van der Waals surface area contributed by atoms with Crippen LogP contribution in [0.1, 0.15) is 32.7 Å². The number of hydrogen-bond donors (Lipinski definition) is 1. The molecule has 1 aromatic heterocycles. The van der Waals surface area contributed by atoms with Gasteiger partial charge in [0.1, 0.15) is 0 Å². The van der Waals surface area contributed by atoms with Gasteiger partial charge in [-0.15, -0.1) is 0 Å². The van der Waals surface area contributed by atoms with Crippen molar-refractivity contribution >= 4 is 22.5 Å².